The van der Waals surface area contributed by atoms with E-state index in [2.05, 4.69) is 14.9 Å². The molecule has 4 rings (SSSR count). The summed E-state index contributed by atoms with van der Waals surface area (Å²) in [6.07, 6.45) is 1.57. The van der Waals surface area contributed by atoms with E-state index in [9.17, 15) is 4.79 Å². The molecule has 2 aromatic carbocycles. The predicted octanol–water partition coefficient (Wildman–Crippen LogP) is 3.55. The molecule has 0 N–H and O–H groups in total. The average molecular weight is 367 g/mol. The molecule has 1 amide bonds. The second kappa shape index (κ2) is 6.92. The lowest BCUT2D eigenvalue weighted by molar-refractivity contribution is 0.0746. The highest BCUT2D eigenvalue weighted by Crippen LogP contribution is 2.26. The molecule has 1 saturated heterocycles. The van der Waals surface area contributed by atoms with Crippen LogP contribution in [0.3, 0.4) is 0 Å². The molecular formula is C20H19ClN4O. The third kappa shape index (κ3) is 3.22. The second-order valence-corrected chi connectivity index (χ2v) is 6.94. The number of carbonyl (C=O) groups excluding carboxylic acids is 1. The lowest BCUT2D eigenvalue weighted by Gasteiger charge is -2.35. The molecule has 6 heteroatoms. The normalized spacial score (nSPS) is 14.7. The minimum absolute atomic E-state index is 0.0870. The number of rotatable bonds is 2. The largest absolute Gasteiger partial charge is 0.352 e. The van der Waals surface area contributed by atoms with E-state index in [0.717, 1.165) is 40.9 Å². The highest BCUT2D eigenvalue weighted by Gasteiger charge is 2.23. The van der Waals surface area contributed by atoms with E-state index in [1.807, 2.05) is 54.3 Å². The number of amides is 1. The lowest BCUT2D eigenvalue weighted by Crippen LogP contribution is -2.49. The van der Waals surface area contributed by atoms with Gasteiger partial charge in [-0.2, -0.15) is 0 Å². The molecule has 1 aliphatic heterocycles. The molecule has 1 aliphatic rings. The Morgan fingerprint density at radius 1 is 1.00 bits per heavy atom. The van der Waals surface area contributed by atoms with Gasteiger partial charge in [0.1, 0.15) is 12.1 Å². The van der Waals surface area contributed by atoms with E-state index in [1.54, 1.807) is 6.33 Å². The fraction of sp³-hybridized carbons (Fsp3) is 0.250. The van der Waals surface area contributed by atoms with Gasteiger partial charge in [0.05, 0.1) is 5.52 Å². The predicted molar refractivity (Wildman–Crippen MR) is 104 cm³/mol. The zero-order valence-corrected chi connectivity index (χ0v) is 15.3. The number of benzene rings is 2. The highest BCUT2D eigenvalue weighted by atomic mass is 35.5. The van der Waals surface area contributed by atoms with Crippen LogP contribution in [0.25, 0.3) is 10.9 Å². The van der Waals surface area contributed by atoms with Gasteiger partial charge in [-0.15, -0.1) is 0 Å². The number of carbonyl (C=O) groups is 1. The molecule has 0 bridgehead atoms. The van der Waals surface area contributed by atoms with Gasteiger partial charge in [0.2, 0.25) is 0 Å². The van der Waals surface area contributed by atoms with Crippen molar-refractivity contribution in [1.82, 2.24) is 14.9 Å². The maximum atomic E-state index is 12.7. The van der Waals surface area contributed by atoms with E-state index >= 15 is 0 Å². The topological polar surface area (TPSA) is 49.3 Å². The number of fused-ring (bicyclic) bond motifs is 1. The van der Waals surface area contributed by atoms with Crippen LogP contribution < -0.4 is 4.90 Å². The van der Waals surface area contributed by atoms with Gasteiger partial charge in [-0.05, 0) is 37.3 Å². The molecule has 0 unspecified atom stereocenters. The molecule has 3 aromatic rings. The van der Waals surface area contributed by atoms with Gasteiger partial charge in [0.15, 0.2) is 0 Å². The molecule has 0 atom stereocenters. The summed E-state index contributed by atoms with van der Waals surface area (Å²) in [7, 11) is 0. The summed E-state index contributed by atoms with van der Waals surface area (Å²) < 4.78 is 0. The van der Waals surface area contributed by atoms with Crippen molar-refractivity contribution in [2.75, 3.05) is 31.1 Å². The van der Waals surface area contributed by atoms with Crippen LogP contribution in [0.4, 0.5) is 5.82 Å². The van der Waals surface area contributed by atoms with E-state index in [0.29, 0.717) is 18.1 Å². The first-order chi connectivity index (χ1) is 12.6. The zero-order valence-electron chi connectivity index (χ0n) is 14.5. The Bertz CT molecular complexity index is 950. The third-order valence-electron chi connectivity index (χ3n) is 4.74. The fourth-order valence-electron chi connectivity index (χ4n) is 3.27. The van der Waals surface area contributed by atoms with Crippen molar-refractivity contribution >= 4 is 34.2 Å². The number of hydrogen-bond acceptors (Lipinski definition) is 4. The summed E-state index contributed by atoms with van der Waals surface area (Å²) in [5.41, 5.74) is 2.73. The Morgan fingerprint density at radius 2 is 1.73 bits per heavy atom. The lowest BCUT2D eigenvalue weighted by atomic mass is 10.1. The van der Waals surface area contributed by atoms with Crippen LogP contribution in [0.2, 0.25) is 5.02 Å². The molecule has 5 nitrogen and oxygen atoms in total. The molecule has 26 heavy (non-hydrogen) atoms. The van der Waals surface area contributed by atoms with E-state index in [-0.39, 0.29) is 5.91 Å². The Morgan fingerprint density at radius 3 is 2.46 bits per heavy atom. The smallest absolute Gasteiger partial charge is 0.253 e. The third-order valence-corrected chi connectivity index (χ3v) is 4.98. The van der Waals surface area contributed by atoms with Crippen LogP contribution in [0.1, 0.15) is 15.9 Å². The summed E-state index contributed by atoms with van der Waals surface area (Å²) in [6.45, 7) is 4.85. The highest BCUT2D eigenvalue weighted by molar-refractivity contribution is 6.31. The zero-order chi connectivity index (χ0) is 18.1. The molecule has 0 radical (unpaired) electrons. The minimum atomic E-state index is 0.0870. The molecule has 0 spiro atoms. The molecule has 1 fully saturated rings. The molecule has 0 aliphatic carbocycles. The molecular weight excluding hydrogens is 348 g/mol. The summed E-state index contributed by atoms with van der Waals surface area (Å²) in [4.78, 5) is 25.5. The van der Waals surface area contributed by atoms with Crippen LogP contribution in [-0.2, 0) is 0 Å². The fourth-order valence-corrected chi connectivity index (χ4v) is 3.43. The van der Waals surface area contributed by atoms with Crippen molar-refractivity contribution in [2.45, 2.75) is 6.92 Å². The number of aryl methyl sites for hydroxylation is 1. The van der Waals surface area contributed by atoms with Crippen molar-refractivity contribution in [3.63, 3.8) is 0 Å². The average Bonchev–Trinajstić information content (AvgIpc) is 2.67. The van der Waals surface area contributed by atoms with Crippen molar-refractivity contribution in [3.05, 3.63) is 64.9 Å². The Kier molecular flexibility index (Phi) is 4.47. The van der Waals surface area contributed by atoms with Crippen LogP contribution in [0.15, 0.2) is 48.8 Å². The summed E-state index contributed by atoms with van der Waals surface area (Å²) in [6, 6.07) is 13.4. The maximum Gasteiger partial charge on any atom is 0.253 e. The standard InChI is InChI=1S/C20H19ClN4O/c1-14-2-4-15(5-3-14)20(26)25-10-8-24(9-11-25)19-17-7-6-16(21)12-18(17)22-13-23-19/h2-7,12-13H,8-11H2,1H3. The van der Waals surface area contributed by atoms with Crippen LogP contribution in [0.5, 0.6) is 0 Å². The Balaban J connectivity index is 1.50. The molecule has 132 valence electrons. The first-order valence-electron chi connectivity index (χ1n) is 8.63. The first-order valence-corrected chi connectivity index (χ1v) is 9.01. The van der Waals surface area contributed by atoms with Crippen molar-refractivity contribution < 1.29 is 4.79 Å². The van der Waals surface area contributed by atoms with Crippen molar-refractivity contribution in [1.29, 1.82) is 0 Å². The van der Waals surface area contributed by atoms with Gasteiger partial charge >= 0.3 is 0 Å². The molecule has 1 aromatic heterocycles. The van der Waals surface area contributed by atoms with Crippen LogP contribution >= 0.6 is 11.6 Å². The van der Waals surface area contributed by atoms with Crippen molar-refractivity contribution in [3.8, 4) is 0 Å². The van der Waals surface area contributed by atoms with E-state index < -0.39 is 0 Å². The van der Waals surface area contributed by atoms with Gasteiger partial charge in [-0.3, -0.25) is 4.79 Å². The first kappa shape index (κ1) is 16.8. The van der Waals surface area contributed by atoms with Gasteiger partial charge in [-0.1, -0.05) is 29.3 Å². The number of hydrogen-bond donors (Lipinski definition) is 0. The summed E-state index contributed by atoms with van der Waals surface area (Å²) in [5.74, 6) is 0.984. The van der Waals surface area contributed by atoms with Gasteiger partial charge in [0.25, 0.3) is 5.91 Å². The summed E-state index contributed by atoms with van der Waals surface area (Å²) >= 11 is 6.06. The van der Waals surface area contributed by atoms with E-state index in [1.165, 1.54) is 0 Å². The summed E-state index contributed by atoms with van der Waals surface area (Å²) in [5, 5.41) is 1.64. The Hall–Kier alpha value is -2.66. The molecule has 0 saturated carbocycles. The number of nitrogens with zero attached hydrogens (tertiary/aromatic N) is 4. The van der Waals surface area contributed by atoms with Gasteiger partial charge < -0.3 is 9.80 Å². The van der Waals surface area contributed by atoms with Gasteiger partial charge in [-0.25, -0.2) is 9.97 Å². The number of anilines is 1. The van der Waals surface area contributed by atoms with Crippen molar-refractivity contribution in [2.24, 2.45) is 0 Å². The monoisotopic (exact) mass is 366 g/mol. The number of aromatic nitrogens is 2. The minimum Gasteiger partial charge on any atom is -0.352 e. The van der Waals surface area contributed by atoms with Crippen LogP contribution in [0, 0.1) is 6.92 Å². The van der Waals surface area contributed by atoms with Gasteiger partial charge in [0, 0.05) is 42.2 Å². The van der Waals surface area contributed by atoms with E-state index in [4.69, 9.17) is 11.6 Å². The second-order valence-electron chi connectivity index (χ2n) is 6.50. The maximum absolute atomic E-state index is 12.7. The number of halogens is 1. The van der Waals surface area contributed by atoms with Crippen LogP contribution in [-0.4, -0.2) is 47.0 Å². The number of piperazine rings is 1. The quantitative estimate of drug-likeness (QED) is 0.696. The SMILES string of the molecule is Cc1ccc(C(=O)N2CCN(c3ncnc4cc(Cl)ccc34)CC2)cc1. The Labute approximate surface area is 157 Å². The molecule has 2 heterocycles.